The molecule has 3 heteroatoms. The van der Waals surface area contributed by atoms with E-state index >= 15 is 0 Å². The summed E-state index contributed by atoms with van der Waals surface area (Å²) in [5.41, 5.74) is 0.663. The summed E-state index contributed by atoms with van der Waals surface area (Å²) in [6.45, 7) is 4.22. The fourth-order valence-corrected chi connectivity index (χ4v) is 2.00. The Hall–Kier alpha value is -1.38. The monoisotopic (exact) mass is 235 g/mol. The number of carbonyl (C=O) groups is 1. The van der Waals surface area contributed by atoms with Crippen molar-refractivity contribution in [2.45, 2.75) is 39.5 Å². The molecule has 94 valence electrons. The average molecular weight is 235 g/mol. The lowest BCUT2D eigenvalue weighted by molar-refractivity contribution is 0.0904. The van der Waals surface area contributed by atoms with Crippen molar-refractivity contribution in [3.8, 4) is 5.75 Å². The molecule has 0 unspecified atom stereocenters. The van der Waals surface area contributed by atoms with Crippen LogP contribution >= 0.6 is 0 Å². The molecule has 1 rings (SSSR count). The van der Waals surface area contributed by atoms with Crippen LogP contribution in [-0.4, -0.2) is 17.9 Å². The first-order valence-electron chi connectivity index (χ1n) is 6.26. The Morgan fingerprint density at radius 2 is 1.94 bits per heavy atom. The van der Waals surface area contributed by atoms with Crippen molar-refractivity contribution in [3.63, 3.8) is 0 Å². The van der Waals surface area contributed by atoms with Crippen molar-refractivity contribution in [1.29, 1.82) is 0 Å². The molecular weight excluding hydrogens is 214 g/mol. The van der Waals surface area contributed by atoms with E-state index in [-0.39, 0.29) is 11.7 Å². The van der Waals surface area contributed by atoms with Crippen molar-refractivity contribution in [3.05, 3.63) is 24.0 Å². The normalized spacial score (nSPS) is 10.6. The molecule has 0 aliphatic rings. The van der Waals surface area contributed by atoms with Gasteiger partial charge >= 0.3 is 0 Å². The SMILES string of the molecule is CCCC(CCC)C(=O)c1cncc(OC)c1. The van der Waals surface area contributed by atoms with Crippen LogP contribution in [0.25, 0.3) is 0 Å². The van der Waals surface area contributed by atoms with Gasteiger partial charge in [0.15, 0.2) is 5.78 Å². The number of Topliss-reactive ketones (excluding diaryl/α,β-unsaturated/α-hetero) is 1. The van der Waals surface area contributed by atoms with Crippen LogP contribution < -0.4 is 4.74 Å². The highest BCUT2D eigenvalue weighted by molar-refractivity contribution is 5.97. The largest absolute Gasteiger partial charge is 0.495 e. The molecule has 1 heterocycles. The van der Waals surface area contributed by atoms with E-state index in [0.29, 0.717) is 11.3 Å². The van der Waals surface area contributed by atoms with E-state index in [0.717, 1.165) is 25.7 Å². The van der Waals surface area contributed by atoms with Gasteiger partial charge in [-0.1, -0.05) is 26.7 Å². The topological polar surface area (TPSA) is 39.2 Å². The molecule has 0 amide bonds. The van der Waals surface area contributed by atoms with Crippen molar-refractivity contribution in [2.24, 2.45) is 5.92 Å². The summed E-state index contributed by atoms with van der Waals surface area (Å²) in [6, 6.07) is 1.77. The molecule has 0 radical (unpaired) electrons. The minimum Gasteiger partial charge on any atom is -0.495 e. The molecule has 0 saturated heterocycles. The molecule has 0 bridgehead atoms. The zero-order chi connectivity index (χ0) is 12.7. The van der Waals surface area contributed by atoms with E-state index in [2.05, 4.69) is 18.8 Å². The van der Waals surface area contributed by atoms with E-state index in [1.54, 1.807) is 25.6 Å². The molecule has 0 fully saturated rings. The second-order valence-corrected chi connectivity index (χ2v) is 4.25. The van der Waals surface area contributed by atoms with E-state index < -0.39 is 0 Å². The summed E-state index contributed by atoms with van der Waals surface area (Å²) in [4.78, 5) is 16.3. The summed E-state index contributed by atoms with van der Waals surface area (Å²) in [5.74, 6) is 0.960. The second kappa shape index (κ2) is 7.05. The van der Waals surface area contributed by atoms with Gasteiger partial charge in [-0.2, -0.15) is 0 Å². The molecule has 0 atom stereocenters. The summed E-state index contributed by atoms with van der Waals surface area (Å²) >= 11 is 0. The number of methoxy groups -OCH3 is 1. The van der Waals surface area contributed by atoms with Crippen LogP contribution in [0.15, 0.2) is 18.5 Å². The first kappa shape index (κ1) is 13.7. The Bertz CT molecular complexity index is 357. The van der Waals surface area contributed by atoms with Gasteiger partial charge < -0.3 is 4.74 Å². The smallest absolute Gasteiger partial charge is 0.167 e. The van der Waals surface area contributed by atoms with Crippen molar-refractivity contribution >= 4 is 5.78 Å². The molecule has 0 aliphatic heterocycles. The van der Waals surface area contributed by atoms with Crippen LogP contribution in [-0.2, 0) is 0 Å². The number of ether oxygens (including phenoxy) is 1. The molecule has 1 aromatic heterocycles. The lowest BCUT2D eigenvalue weighted by Gasteiger charge is -2.14. The molecule has 0 spiro atoms. The van der Waals surface area contributed by atoms with Gasteiger partial charge in [-0.15, -0.1) is 0 Å². The van der Waals surface area contributed by atoms with Crippen LogP contribution in [0.4, 0.5) is 0 Å². The summed E-state index contributed by atoms with van der Waals surface area (Å²) in [6.07, 6.45) is 7.21. The van der Waals surface area contributed by atoms with E-state index in [9.17, 15) is 4.79 Å². The quantitative estimate of drug-likeness (QED) is 0.679. The molecular formula is C14H21NO2. The van der Waals surface area contributed by atoms with Gasteiger partial charge in [0.2, 0.25) is 0 Å². The molecule has 0 saturated carbocycles. The average Bonchev–Trinajstić information content (AvgIpc) is 2.38. The van der Waals surface area contributed by atoms with Crippen LogP contribution in [0.1, 0.15) is 49.9 Å². The lowest BCUT2D eigenvalue weighted by Crippen LogP contribution is -2.15. The number of nitrogens with zero attached hydrogens (tertiary/aromatic N) is 1. The summed E-state index contributed by atoms with van der Waals surface area (Å²) < 4.78 is 5.09. The predicted molar refractivity (Wildman–Crippen MR) is 68.4 cm³/mol. The standard InChI is InChI=1S/C14H21NO2/c1-4-6-11(7-5-2)14(16)12-8-13(17-3)10-15-9-12/h8-11H,4-7H2,1-3H3. The third-order valence-corrected chi connectivity index (χ3v) is 2.88. The third kappa shape index (κ3) is 3.84. The fourth-order valence-electron chi connectivity index (χ4n) is 2.00. The van der Waals surface area contributed by atoms with Gasteiger partial charge in [-0.25, -0.2) is 0 Å². The zero-order valence-corrected chi connectivity index (χ0v) is 10.9. The fraction of sp³-hybridized carbons (Fsp3) is 0.571. The van der Waals surface area contributed by atoms with Crippen molar-refractivity contribution < 1.29 is 9.53 Å². The molecule has 17 heavy (non-hydrogen) atoms. The van der Waals surface area contributed by atoms with E-state index in [4.69, 9.17) is 4.74 Å². The molecule has 0 aromatic carbocycles. The maximum Gasteiger partial charge on any atom is 0.167 e. The van der Waals surface area contributed by atoms with Gasteiger partial charge in [0.25, 0.3) is 0 Å². The number of aromatic nitrogens is 1. The number of ketones is 1. The first-order chi connectivity index (χ1) is 8.22. The Kier molecular flexibility index (Phi) is 5.67. The van der Waals surface area contributed by atoms with Gasteiger partial charge in [-0.05, 0) is 18.9 Å². The highest BCUT2D eigenvalue weighted by Gasteiger charge is 2.19. The minimum atomic E-state index is 0.124. The van der Waals surface area contributed by atoms with Crippen LogP contribution in [0.2, 0.25) is 0 Å². The number of rotatable bonds is 7. The zero-order valence-electron chi connectivity index (χ0n) is 10.9. The van der Waals surface area contributed by atoms with Gasteiger partial charge in [0.1, 0.15) is 5.75 Å². The maximum absolute atomic E-state index is 12.3. The Morgan fingerprint density at radius 1 is 1.29 bits per heavy atom. The lowest BCUT2D eigenvalue weighted by atomic mass is 9.90. The van der Waals surface area contributed by atoms with Crippen LogP contribution in [0.3, 0.4) is 0 Å². The minimum absolute atomic E-state index is 0.124. The highest BCUT2D eigenvalue weighted by atomic mass is 16.5. The third-order valence-electron chi connectivity index (χ3n) is 2.88. The highest BCUT2D eigenvalue weighted by Crippen LogP contribution is 2.21. The van der Waals surface area contributed by atoms with Crippen molar-refractivity contribution in [2.75, 3.05) is 7.11 Å². The van der Waals surface area contributed by atoms with E-state index in [1.807, 2.05) is 0 Å². The van der Waals surface area contributed by atoms with E-state index in [1.165, 1.54) is 0 Å². The number of hydrogen-bond donors (Lipinski definition) is 0. The van der Waals surface area contributed by atoms with Gasteiger partial charge in [-0.3, -0.25) is 9.78 Å². The Balaban J connectivity index is 2.84. The van der Waals surface area contributed by atoms with Gasteiger partial charge in [0.05, 0.1) is 13.3 Å². The molecule has 3 nitrogen and oxygen atoms in total. The predicted octanol–water partition coefficient (Wildman–Crippen LogP) is 3.49. The molecule has 1 aromatic rings. The number of hydrogen-bond acceptors (Lipinski definition) is 3. The molecule has 0 aliphatic carbocycles. The Morgan fingerprint density at radius 3 is 2.47 bits per heavy atom. The van der Waals surface area contributed by atoms with Crippen LogP contribution in [0.5, 0.6) is 5.75 Å². The summed E-state index contributed by atoms with van der Waals surface area (Å²) in [5, 5.41) is 0. The molecule has 0 N–H and O–H groups in total. The number of carbonyl (C=O) groups excluding carboxylic acids is 1. The Labute approximate surface area is 103 Å². The maximum atomic E-state index is 12.3. The van der Waals surface area contributed by atoms with Gasteiger partial charge in [0, 0.05) is 17.7 Å². The number of pyridine rings is 1. The van der Waals surface area contributed by atoms with Crippen LogP contribution in [0, 0.1) is 5.92 Å². The summed E-state index contributed by atoms with van der Waals surface area (Å²) in [7, 11) is 1.58. The first-order valence-corrected chi connectivity index (χ1v) is 6.26. The second-order valence-electron chi connectivity index (χ2n) is 4.25. The van der Waals surface area contributed by atoms with Crippen molar-refractivity contribution in [1.82, 2.24) is 4.98 Å².